The number of hydrogen-bond donors (Lipinski definition) is 2. The number of aliphatic hydroxyl groups is 2. The standard InChI is InChI=1S/C17H26N2O4/c1-18(4-5-20)8-14-9-19(10-15(14)11-21)7-13-2-3-16-17(6-13)23-12-22-16/h2-3,6,14-15,20-21H,4-5,7-12H2,1H3/t14-,15-/m1/s1. The van der Waals surface area contributed by atoms with E-state index in [1.54, 1.807) is 0 Å². The van der Waals surface area contributed by atoms with Gasteiger partial charge in [0.25, 0.3) is 0 Å². The predicted octanol–water partition coefficient (Wildman–Crippen LogP) is 0.380. The van der Waals surface area contributed by atoms with Crippen LogP contribution in [0.4, 0.5) is 0 Å². The molecule has 0 spiro atoms. The van der Waals surface area contributed by atoms with Crippen LogP contribution in [0.5, 0.6) is 11.5 Å². The molecule has 2 atom stereocenters. The molecule has 2 aliphatic heterocycles. The summed E-state index contributed by atoms with van der Waals surface area (Å²) in [7, 11) is 2.02. The van der Waals surface area contributed by atoms with Crippen LogP contribution < -0.4 is 9.47 Å². The summed E-state index contributed by atoms with van der Waals surface area (Å²) in [5, 5.41) is 18.7. The highest BCUT2D eigenvalue weighted by Gasteiger charge is 2.32. The third-order valence-corrected chi connectivity index (χ3v) is 4.76. The Morgan fingerprint density at radius 1 is 1.17 bits per heavy atom. The lowest BCUT2D eigenvalue weighted by Crippen LogP contribution is -2.32. The van der Waals surface area contributed by atoms with Crippen LogP contribution >= 0.6 is 0 Å². The lowest BCUT2D eigenvalue weighted by Gasteiger charge is -2.23. The molecule has 1 aromatic rings. The minimum absolute atomic E-state index is 0.175. The second kappa shape index (κ2) is 7.49. The van der Waals surface area contributed by atoms with Gasteiger partial charge < -0.3 is 24.6 Å². The molecule has 1 aromatic carbocycles. The van der Waals surface area contributed by atoms with Crippen molar-refractivity contribution in [1.82, 2.24) is 9.80 Å². The second-order valence-electron chi connectivity index (χ2n) is 6.57. The molecule has 0 amide bonds. The highest BCUT2D eigenvalue weighted by molar-refractivity contribution is 5.44. The van der Waals surface area contributed by atoms with Gasteiger partial charge in [-0.25, -0.2) is 0 Å². The molecule has 2 aliphatic rings. The number of ether oxygens (including phenoxy) is 2. The molecule has 0 radical (unpaired) electrons. The topological polar surface area (TPSA) is 65.4 Å². The second-order valence-corrected chi connectivity index (χ2v) is 6.57. The molecule has 0 aromatic heterocycles. The fraction of sp³-hybridized carbons (Fsp3) is 0.647. The fourth-order valence-electron chi connectivity index (χ4n) is 3.54. The Bertz CT molecular complexity index is 525. The molecule has 0 aliphatic carbocycles. The number of aliphatic hydroxyl groups excluding tert-OH is 2. The van der Waals surface area contributed by atoms with E-state index < -0.39 is 0 Å². The van der Waals surface area contributed by atoms with Gasteiger partial charge in [0.05, 0.1) is 6.61 Å². The summed E-state index contributed by atoms with van der Waals surface area (Å²) >= 11 is 0. The molecular formula is C17H26N2O4. The van der Waals surface area contributed by atoms with Crippen molar-refractivity contribution >= 4 is 0 Å². The van der Waals surface area contributed by atoms with E-state index >= 15 is 0 Å². The van der Waals surface area contributed by atoms with Gasteiger partial charge in [0.1, 0.15) is 0 Å². The summed E-state index contributed by atoms with van der Waals surface area (Å²) in [6, 6.07) is 6.08. The average Bonchev–Trinajstić information content (AvgIpc) is 3.13. The van der Waals surface area contributed by atoms with Crippen molar-refractivity contribution in [2.24, 2.45) is 11.8 Å². The van der Waals surface area contributed by atoms with Crippen LogP contribution in [0.15, 0.2) is 18.2 Å². The quantitative estimate of drug-likeness (QED) is 0.757. The van der Waals surface area contributed by atoms with Crippen LogP contribution in [-0.4, -0.2) is 73.2 Å². The average molecular weight is 322 g/mol. The Labute approximate surface area is 137 Å². The van der Waals surface area contributed by atoms with Crippen molar-refractivity contribution < 1.29 is 19.7 Å². The van der Waals surface area contributed by atoms with Crippen molar-refractivity contribution in [1.29, 1.82) is 0 Å². The van der Waals surface area contributed by atoms with Gasteiger partial charge in [-0.1, -0.05) is 6.07 Å². The third kappa shape index (κ3) is 3.95. The lowest BCUT2D eigenvalue weighted by atomic mass is 9.96. The third-order valence-electron chi connectivity index (χ3n) is 4.76. The SMILES string of the molecule is CN(CCO)C[C@@H]1CN(Cc2ccc3c(c2)OCO3)C[C@@H]1CO. The van der Waals surface area contributed by atoms with Crippen molar-refractivity contribution in [2.75, 3.05) is 53.2 Å². The Balaban J connectivity index is 1.58. The summed E-state index contributed by atoms with van der Waals surface area (Å²) in [4.78, 5) is 4.52. The number of likely N-dealkylation sites (tertiary alicyclic amines) is 1. The maximum absolute atomic E-state index is 9.66. The Kier molecular flexibility index (Phi) is 5.38. The number of rotatable bonds is 7. The summed E-state index contributed by atoms with van der Waals surface area (Å²) in [5.41, 5.74) is 1.20. The molecule has 0 bridgehead atoms. The van der Waals surface area contributed by atoms with E-state index in [-0.39, 0.29) is 13.2 Å². The normalized spacial score (nSPS) is 23.8. The first kappa shape index (κ1) is 16.5. The first-order valence-electron chi connectivity index (χ1n) is 8.20. The molecular weight excluding hydrogens is 296 g/mol. The Hall–Kier alpha value is -1.34. The molecule has 128 valence electrons. The van der Waals surface area contributed by atoms with Crippen LogP contribution in [0.1, 0.15) is 5.56 Å². The van der Waals surface area contributed by atoms with Gasteiger partial charge in [-0.15, -0.1) is 0 Å². The lowest BCUT2D eigenvalue weighted by molar-refractivity contribution is 0.160. The molecule has 1 fully saturated rings. The number of benzene rings is 1. The summed E-state index contributed by atoms with van der Waals surface area (Å²) in [6.45, 7) is 5.00. The molecule has 1 saturated heterocycles. The van der Waals surface area contributed by atoms with Crippen molar-refractivity contribution in [3.8, 4) is 11.5 Å². The monoisotopic (exact) mass is 322 g/mol. The van der Waals surface area contributed by atoms with Gasteiger partial charge in [-0.3, -0.25) is 4.90 Å². The van der Waals surface area contributed by atoms with E-state index in [0.717, 1.165) is 37.7 Å². The first-order valence-corrected chi connectivity index (χ1v) is 8.20. The van der Waals surface area contributed by atoms with E-state index in [1.807, 2.05) is 19.2 Å². The molecule has 0 saturated carbocycles. The van der Waals surface area contributed by atoms with Crippen LogP contribution in [0.3, 0.4) is 0 Å². The Morgan fingerprint density at radius 3 is 2.74 bits per heavy atom. The molecule has 0 unspecified atom stereocenters. The Morgan fingerprint density at radius 2 is 1.96 bits per heavy atom. The van der Waals surface area contributed by atoms with Gasteiger partial charge in [0, 0.05) is 39.3 Å². The van der Waals surface area contributed by atoms with Gasteiger partial charge in [-0.2, -0.15) is 0 Å². The molecule has 2 heterocycles. The van der Waals surface area contributed by atoms with E-state index in [0.29, 0.717) is 25.2 Å². The van der Waals surface area contributed by atoms with E-state index in [9.17, 15) is 5.11 Å². The molecule has 3 rings (SSSR count). The number of nitrogens with zero attached hydrogens (tertiary/aromatic N) is 2. The molecule has 2 N–H and O–H groups in total. The van der Waals surface area contributed by atoms with E-state index in [1.165, 1.54) is 5.56 Å². The zero-order chi connectivity index (χ0) is 16.2. The zero-order valence-corrected chi connectivity index (χ0v) is 13.6. The van der Waals surface area contributed by atoms with Crippen molar-refractivity contribution in [3.63, 3.8) is 0 Å². The van der Waals surface area contributed by atoms with Gasteiger partial charge >= 0.3 is 0 Å². The summed E-state index contributed by atoms with van der Waals surface area (Å²) in [5.74, 6) is 2.36. The van der Waals surface area contributed by atoms with Crippen LogP contribution in [0.25, 0.3) is 0 Å². The number of hydrogen-bond acceptors (Lipinski definition) is 6. The maximum Gasteiger partial charge on any atom is 0.231 e. The molecule has 6 nitrogen and oxygen atoms in total. The highest BCUT2D eigenvalue weighted by Crippen LogP contribution is 2.33. The zero-order valence-electron chi connectivity index (χ0n) is 13.6. The van der Waals surface area contributed by atoms with Gasteiger partial charge in [0.2, 0.25) is 6.79 Å². The van der Waals surface area contributed by atoms with Crippen LogP contribution in [0.2, 0.25) is 0 Å². The van der Waals surface area contributed by atoms with Crippen LogP contribution in [0, 0.1) is 11.8 Å². The van der Waals surface area contributed by atoms with Crippen molar-refractivity contribution in [2.45, 2.75) is 6.54 Å². The van der Waals surface area contributed by atoms with E-state index in [2.05, 4.69) is 15.9 Å². The molecule has 23 heavy (non-hydrogen) atoms. The highest BCUT2D eigenvalue weighted by atomic mass is 16.7. The van der Waals surface area contributed by atoms with Crippen molar-refractivity contribution in [3.05, 3.63) is 23.8 Å². The summed E-state index contributed by atoms with van der Waals surface area (Å²) < 4.78 is 10.8. The van der Waals surface area contributed by atoms with Crippen LogP contribution in [-0.2, 0) is 6.54 Å². The van der Waals surface area contributed by atoms with Gasteiger partial charge in [0.15, 0.2) is 11.5 Å². The number of fused-ring (bicyclic) bond motifs is 1. The smallest absolute Gasteiger partial charge is 0.231 e. The number of likely N-dealkylation sites (N-methyl/N-ethyl adjacent to an activating group) is 1. The predicted molar refractivity (Wildman–Crippen MR) is 86.5 cm³/mol. The van der Waals surface area contributed by atoms with Gasteiger partial charge in [-0.05, 0) is 36.6 Å². The molecule has 6 heteroatoms. The minimum atomic E-state index is 0.175. The fourth-order valence-corrected chi connectivity index (χ4v) is 3.54. The summed E-state index contributed by atoms with van der Waals surface area (Å²) in [6.07, 6.45) is 0. The maximum atomic E-state index is 9.66. The largest absolute Gasteiger partial charge is 0.454 e. The van der Waals surface area contributed by atoms with E-state index in [4.69, 9.17) is 14.6 Å². The minimum Gasteiger partial charge on any atom is -0.454 e. The first-order chi connectivity index (χ1) is 11.2.